The van der Waals surface area contributed by atoms with Crippen molar-refractivity contribution in [2.24, 2.45) is 5.73 Å². The molecule has 0 aliphatic rings. The number of hydrogen-bond donors (Lipinski definition) is 2. The number of halogens is 3. The third-order valence-electron chi connectivity index (χ3n) is 4.69. The van der Waals surface area contributed by atoms with Gasteiger partial charge in [-0.3, -0.25) is 9.59 Å². The Morgan fingerprint density at radius 3 is 2.28 bits per heavy atom. The zero-order valence-electron chi connectivity index (χ0n) is 16.9. The summed E-state index contributed by atoms with van der Waals surface area (Å²) in [4.78, 5) is 24.3. The van der Waals surface area contributed by atoms with Crippen LogP contribution in [0.4, 0.5) is 13.2 Å². The second-order valence-electron chi connectivity index (χ2n) is 7.13. The molecular formula is C24H21F3N2O3. The smallest absolute Gasteiger partial charge is 0.416 e. The number of nitrogens with one attached hydrogen (secondary N) is 1. The molecule has 0 saturated heterocycles. The van der Waals surface area contributed by atoms with Crippen LogP contribution in [0.5, 0.6) is 5.75 Å². The van der Waals surface area contributed by atoms with Crippen molar-refractivity contribution in [3.8, 4) is 5.75 Å². The first kappa shape index (κ1) is 22.9. The Bertz CT molecular complexity index is 1090. The van der Waals surface area contributed by atoms with E-state index in [0.29, 0.717) is 17.9 Å². The Hall–Kier alpha value is -3.81. The minimum atomic E-state index is -4.58. The second-order valence-corrected chi connectivity index (χ2v) is 7.13. The van der Waals surface area contributed by atoms with Gasteiger partial charge in [0.05, 0.1) is 5.56 Å². The average molecular weight is 442 g/mol. The van der Waals surface area contributed by atoms with E-state index in [2.05, 4.69) is 5.32 Å². The molecule has 0 unspecified atom stereocenters. The van der Waals surface area contributed by atoms with Gasteiger partial charge in [-0.2, -0.15) is 13.2 Å². The molecule has 0 aliphatic carbocycles. The third kappa shape index (κ3) is 6.34. The molecular weight excluding hydrogens is 421 g/mol. The highest BCUT2D eigenvalue weighted by Crippen LogP contribution is 2.29. The Kier molecular flexibility index (Phi) is 7.14. The molecule has 0 bridgehead atoms. The predicted molar refractivity (Wildman–Crippen MR) is 113 cm³/mol. The number of ether oxygens (including phenoxy) is 1. The second kappa shape index (κ2) is 10.00. The molecule has 32 heavy (non-hydrogen) atoms. The molecule has 0 aliphatic heterocycles. The van der Waals surface area contributed by atoms with Crippen LogP contribution in [0.3, 0.4) is 0 Å². The summed E-state index contributed by atoms with van der Waals surface area (Å²) >= 11 is 0. The zero-order chi connectivity index (χ0) is 23.1. The first-order chi connectivity index (χ1) is 15.2. The maximum absolute atomic E-state index is 12.9. The van der Waals surface area contributed by atoms with Crippen LogP contribution in [0.25, 0.3) is 0 Å². The third-order valence-corrected chi connectivity index (χ3v) is 4.69. The SMILES string of the molecule is NC(=O)[C@H](Cc1cccc(OCc2ccccc2)c1)NC(=O)c1cccc(C(F)(F)F)c1. The lowest BCUT2D eigenvalue weighted by Crippen LogP contribution is -2.45. The van der Waals surface area contributed by atoms with Crippen molar-refractivity contribution in [3.05, 3.63) is 101 Å². The first-order valence-corrected chi connectivity index (χ1v) is 9.75. The molecule has 8 heteroatoms. The van der Waals surface area contributed by atoms with E-state index in [9.17, 15) is 22.8 Å². The minimum Gasteiger partial charge on any atom is -0.489 e. The lowest BCUT2D eigenvalue weighted by molar-refractivity contribution is -0.137. The van der Waals surface area contributed by atoms with Gasteiger partial charge in [0, 0.05) is 12.0 Å². The van der Waals surface area contributed by atoms with Crippen LogP contribution in [-0.2, 0) is 24.0 Å². The topological polar surface area (TPSA) is 81.4 Å². The van der Waals surface area contributed by atoms with Crippen molar-refractivity contribution in [3.63, 3.8) is 0 Å². The molecule has 166 valence electrons. The molecule has 5 nitrogen and oxygen atoms in total. The van der Waals surface area contributed by atoms with Crippen molar-refractivity contribution < 1.29 is 27.5 Å². The molecule has 2 amide bonds. The lowest BCUT2D eigenvalue weighted by Gasteiger charge is -2.17. The van der Waals surface area contributed by atoms with E-state index in [-0.39, 0.29) is 12.0 Å². The molecule has 0 saturated carbocycles. The number of carbonyl (C=O) groups is 2. The fraction of sp³-hybridized carbons (Fsp3) is 0.167. The molecule has 3 rings (SSSR count). The minimum absolute atomic E-state index is 0.0581. The Balaban J connectivity index is 1.68. The Labute approximate surface area is 183 Å². The number of alkyl halides is 3. The fourth-order valence-corrected chi connectivity index (χ4v) is 3.04. The molecule has 0 radical (unpaired) electrons. The maximum Gasteiger partial charge on any atom is 0.416 e. The van der Waals surface area contributed by atoms with Gasteiger partial charge in [0.2, 0.25) is 5.91 Å². The number of carbonyl (C=O) groups excluding carboxylic acids is 2. The summed E-state index contributed by atoms with van der Waals surface area (Å²) in [7, 11) is 0. The number of amides is 2. The molecule has 1 atom stereocenters. The summed E-state index contributed by atoms with van der Waals surface area (Å²) in [6, 6.07) is 19.4. The quantitative estimate of drug-likeness (QED) is 0.551. The number of nitrogens with two attached hydrogens (primary N) is 1. The number of hydrogen-bond acceptors (Lipinski definition) is 3. The summed E-state index contributed by atoms with van der Waals surface area (Å²) in [5, 5.41) is 2.42. The van der Waals surface area contributed by atoms with Crippen LogP contribution in [0.15, 0.2) is 78.9 Å². The Morgan fingerprint density at radius 1 is 0.906 bits per heavy atom. The van der Waals surface area contributed by atoms with Gasteiger partial charge in [-0.05, 0) is 41.5 Å². The van der Waals surface area contributed by atoms with Gasteiger partial charge in [0.1, 0.15) is 18.4 Å². The van der Waals surface area contributed by atoms with Crippen molar-refractivity contribution in [2.45, 2.75) is 25.2 Å². The normalized spacial score (nSPS) is 12.1. The lowest BCUT2D eigenvalue weighted by atomic mass is 10.0. The van der Waals surface area contributed by atoms with E-state index in [1.165, 1.54) is 6.07 Å². The van der Waals surface area contributed by atoms with Crippen LogP contribution in [0.2, 0.25) is 0 Å². The van der Waals surface area contributed by atoms with Gasteiger partial charge in [-0.1, -0.05) is 48.5 Å². The highest BCUT2D eigenvalue weighted by Gasteiger charge is 2.31. The number of rotatable bonds is 8. The Morgan fingerprint density at radius 2 is 1.59 bits per heavy atom. The van der Waals surface area contributed by atoms with E-state index < -0.39 is 29.6 Å². The fourth-order valence-electron chi connectivity index (χ4n) is 3.04. The summed E-state index contributed by atoms with van der Waals surface area (Å²) in [5.74, 6) is -1.06. The van der Waals surface area contributed by atoms with Gasteiger partial charge >= 0.3 is 6.18 Å². The number of benzene rings is 3. The monoisotopic (exact) mass is 442 g/mol. The van der Waals surface area contributed by atoms with Crippen LogP contribution in [0, 0.1) is 0 Å². The van der Waals surface area contributed by atoms with Gasteiger partial charge < -0.3 is 15.8 Å². The van der Waals surface area contributed by atoms with E-state index >= 15 is 0 Å². The molecule has 3 aromatic carbocycles. The summed E-state index contributed by atoms with van der Waals surface area (Å²) in [5.41, 5.74) is 5.90. The van der Waals surface area contributed by atoms with E-state index in [4.69, 9.17) is 10.5 Å². The molecule has 3 N–H and O–H groups in total. The zero-order valence-corrected chi connectivity index (χ0v) is 16.9. The molecule has 0 heterocycles. The van der Waals surface area contributed by atoms with Crippen molar-refractivity contribution >= 4 is 11.8 Å². The molecule has 0 spiro atoms. The maximum atomic E-state index is 12.9. The highest BCUT2D eigenvalue weighted by molar-refractivity contribution is 5.97. The van der Waals surface area contributed by atoms with Crippen LogP contribution in [0.1, 0.15) is 27.0 Å². The molecule has 3 aromatic rings. The first-order valence-electron chi connectivity index (χ1n) is 9.75. The van der Waals surface area contributed by atoms with Crippen molar-refractivity contribution in [1.82, 2.24) is 5.32 Å². The number of primary amides is 1. The van der Waals surface area contributed by atoms with Crippen molar-refractivity contribution in [2.75, 3.05) is 0 Å². The van der Waals surface area contributed by atoms with Gasteiger partial charge in [-0.15, -0.1) is 0 Å². The molecule has 0 fully saturated rings. The summed E-state index contributed by atoms with van der Waals surface area (Å²) < 4.78 is 44.5. The largest absolute Gasteiger partial charge is 0.489 e. The van der Waals surface area contributed by atoms with E-state index in [1.807, 2.05) is 30.3 Å². The predicted octanol–water partition coefficient (Wildman–Crippen LogP) is 4.11. The molecule has 0 aromatic heterocycles. The van der Waals surface area contributed by atoms with Crippen LogP contribution in [-0.4, -0.2) is 17.9 Å². The van der Waals surface area contributed by atoms with Gasteiger partial charge in [-0.25, -0.2) is 0 Å². The summed E-state index contributed by atoms with van der Waals surface area (Å²) in [6.45, 7) is 0.357. The van der Waals surface area contributed by atoms with Gasteiger partial charge in [0.25, 0.3) is 5.91 Å². The van der Waals surface area contributed by atoms with Crippen LogP contribution >= 0.6 is 0 Å². The van der Waals surface area contributed by atoms with Gasteiger partial charge in [0.15, 0.2) is 0 Å². The van der Waals surface area contributed by atoms with Crippen molar-refractivity contribution in [1.29, 1.82) is 0 Å². The highest BCUT2D eigenvalue weighted by atomic mass is 19.4. The average Bonchev–Trinajstić information content (AvgIpc) is 2.77. The standard InChI is InChI=1S/C24H21F3N2O3/c25-24(26,27)19-10-5-9-18(14-19)23(31)29-21(22(28)30)13-17-8-4-11-20(12-17)32-15-16-6-2-1-3-7-16/h1-12,14,21H,13,15H2,(H2,28,30)(H,29,31)/t21-/m0/s1. The summed E-state index contributed by atoms with van der Waals surface area (Å²) in [6.07, 6.45) is -4.53. The van der Waals surface area contributed by atoms with E-state index in [0.717, 1.165) is 23.8 Å². The van der Waals surface area contributed by atoms with E-state index in [1.54, 1.807) is 24.3 Å². The van der Waals surface area contributed by atoms with Crippen LogP contribution < -0.4 is 15.8 Å².